The summed E-state index contributed by atoms with van der Waals surface area (Å²) in [4.78, 5) is 33.8. The van der Waals surface area contributed by atoms with E-state index in [4.69, 9.17) is 9.97 Å². The van der Waals surface area contributed by atoms with E-state index >= 15 is 0 Å². The third kappa shape index (κ3) is 4.24. The summed E-state index contributed by atoms with van der Waals surface area (Å²) in [5.74, 6) is -0.476. The fourth-order valence-corrected chi connectivity index (χ4v) is 4.09. The number of carbonyl (C=O) groups excluding carboxylic acids is 2. The van der Waals surface area contributed by atoms with Gasteiger partial charge in [-0.25, -0.2) is 9.97 Å². The molecule has 7 heteroatoms. The van der Waals surface area contributed by atoms with Crippen LogP contribution < -0.4 is 0 Å². The van der Waals surface area contributed by atoms with Crippen LogP contribution in [-0.2, 0) is 21.1 Å². The van der Waals surface area contributed by atoms with Crippen molar-refractivity contribution in [1.82, 2.24) is 9.97 Å². The summed E-state index contributed by atoms with van der Waals surface area (Å²) >= 11 is 0. The van der Waals surface area contributed by atoms with E-state index in [1.165, 1.54) is 0 Å². The molecule has 170 valence electrons. The van der Waals surface area contributed by atoms with Gasteiger partial charge in [0.2, 0.25) is 0 Å². The summed E-state index contributed by atoms with van der Waals surface area (Å²) in [5, 5.41) is 8.34. The quantitative estimate of drug-likeness (QED) is 0.269. The second-order valence-electron chi connectivity index (χ2n) is 7.88. The van der Waals surface area contributed by atoms with Crippen molar-refractivity contribution in [1.29, 1.82) is 0 Å². The monoisotopic (exact) mass is 635 g/mol. The number of nitrogens with zero attached hydrogens (tertiary/aromatic N) is 4. The molecule has 0 radical (unpaired) electrons. The molecule has 2 aliphatic rings. The number of aromatic nitrogens is 2. The zero-order chi connectivity index (χ0) is 23.1. The van der Waals surface area contributed by atoms with E-state index in [1.807, 2.05) is 72.8 Å². The van der Waals surface area contributed by atoms with E-state index in [-0.39, 0.29) is 32.9 Å². The Labute approximate surface area is 216 Å². The first-order valence-electron chi connectivity index (χ1n) is 10.7. The molecular weight excluding hydrogens is 619 g/mol. The molecule has 0 N–H and O–H groups in total. The molecule has 6 nitrogen and oxygen atoms in total. The van der Waals surface area contributed by atoms with E-state index in [1.54, 1.807) is 24.3 Å². The Morgan fingerprint density at radius 3 is 1.34 bits per heavy atom. The van der Waals surface area contributed by atoms with Crippen LogP contribution in [0, 0.1) is 0 Å². The maximum Gasteiger partial charge on any atom is 2.00 e. The zero-order valence-corrected chi connectivity index (χ0v) is 20.4. The van der Waals surface area contributed by atoms with Crippen LogP contribution in [-0.4, -0.2) is 21.8 Å². The zero-order valence-electron chi connectivity index (χ0n) is 18.2. The summed E-state index contributed by atoms with van der Waals surface area (Å²) < 4.78 is 0. The van der Waals surface area contributed by atoms with Crippen molar-refractivity contribution in [3.8, 4) is 11.4 Å². The number of rotatable bonds is 3. The van der Waals surface area contributed by atoms with Crippen LogP contribution in [0.5, 0.6) is 0 Å². The van der Waals surface area contributed by atoms with Crippen LogP contribution in [0.1, 0.15) is 43.2 Å². The van der Waals surface area contributed by atoms with Gasteiger partial charge in [-0.2, -0.15) is 0 Å². The van der Waals surface area contributed by atoms with Gasteiger partial charge in [-0.1, -0.05) is 72.8 Å². The maximum atomic E-state index is 12.2. The van der Waals surface area contributed by atoms with Crippen LogP contribution in [0.25, 0.3) is 45.6 Å². The van der Waals surface area contributed by atoms with Crippen molar-refractivity contribution < 1.29 is 30.7 Å². The largest absolute Gasteiger partial charge is 2.00 e. The van der Waals surface area contributed by atoms with Crippen molar-refractivity contribution in [3.05, 3.63) is 129 Å². The smallest absolute Gasteiger partial charge is 0.622 e. The van der Waals surface area contributed by atoms with E-state index < -0.39 is 0 Å². The van der Waals surface area contributed by atoms with Crippen LogP contribution in [0.3, 0.4) is 0 Å². The van der Waals surface area contributed by atoms with Crippen molar-refractivity contribution in [2.75, 3.05) is 0 Å². The third-order valence-corrected chi connectivity index (χ3v) is 5.68. The molecule has 0 aliphatic carbocycles. The molecule has 0 bridgehead atoms. The van der Waals surface area contributed by atoms with Gasteiger partial charge in [0.25, 0.3) is 0 Å². The van der Waals surface area contributed by atoms with Crippen molar-refractivity contribution in [2.45, 2.75) is 0 Å². The first kappa shape index (κ1) is 22.6. The Kier molecular flexibility index (Phi) is 5.97. The first-order valence-corrected chi connectivity index (χ1v) is 10.7. The minimum Gasteiger partial charge on any atom is -0.622 e. The molecule has 2 aromatic carbocycles. The predicted molar refractivity (Wildman–Crippen MR) is 131 cm³/mol. The van der Waals surface area contributed by atoms with Crippen LogP contribution in [0.4, 0.5) is 0 Å². The van der Waals surface area contributed by atoms with Crippen molar-refractivity contribution in [3.63, 3.8) is 0 Å². The summed E-state index contributed by atoms with van der Waals surface area (Å²) in [6.07, 6.45) is 3.61. The van der Waals surface area contributed by atoms with Gasteiger partial charge in [-0.15, -0.1) is 11.4 Å². The minimum atomic E-state index is -0.238. The SMILES string of the molecule is O=C1[N-]/C(=C\c2cccc(-c3cccc(/C=C4\[N-]C(=O)c5ccccc54)n3)n2)c2ccccc21.[Pt+2]. The topological polar surface area (TPSA) is 88.1 Å². The molecule has 2 aliphatic heterocycles. The first-order chi connectivity index (χ1) is 16.7. The minimum absolute atomic E-state index is 0. The summed E-state index contributed by atoms with van der Waals surface area (Å²) in [5.41, 5.74) is 6.75. The Hall–Kier alpha value is -4.15. The van der Waals surface area contributed by atoms with E-state index in [9.17, 15) is 9.59 Å². The Morgan fingerprint density at radius 2 is 0.914 bits per heavy atom. The Bertz CT molecular complexity index is 1440. The van der Waals surface area contributed by atoms with Gasteiger partial charge in [-0.05, 0) is 35.4 Å². The van der Waals surface area contributed by atoms with Gasteiger partial charge in [0.1, 0.15) is 0 Å². The van der Waals surface area contributed by atoms with Gasteiger partial charge in [0.05, 0.1) is 34.6 Å². The average molecular weight is 636 g/mol. The van der Waals surface area contributed by atoms with Crippen LogP contribution in [0.15, 0.2) is 84.9 Å². The molecule has 6 rings (SSSR count). The maximum absolute atomic E-state index is 12.2. The Balaban J connectivity index is 0.00000253. The summed E-state index contributed by atoms with van der Waals surface area (Å²) in [6.45, 7) is 0. The standard InChI is InChI=1S/C28H18N4O2.Pt/c33-27-21-11-3-1-9-19(21)25(31-27)15-17-7-5-13-23(29-17)24-14-6-8-18(30-24)16-26-20-10-2-4-12-22(20)28(34)32-26;/h1-16H,(H2,29,30,31,32,33,34);/q;+2/p-2. The molecule has 0 atom stereocenters. The molecule has 0 unspecified atom stereocenters. The second kappa shape index (κ2) is 9.24. The normalized spacial score (nSPS) is 15.9. The Morgan fingerprint density at radius 1 is 0.514 bits per heavy atom. The second-order valence-corrected chi connectivity index (χ2v) is 7.88. The van der Waals surface area contributed by atoms with E-state index in [0.29, 0.717) is 45.3 Å². The third-order valence-electron chi connectivity index (χ3n) is 5.68. The van der Waals surface area contributed by atoms with Gasteiger partial charge < -0.3 is 20.2 Å². The van der Waals surface area contributed by atoms with E-state index in [0.717, 1.165) is 11.1 Å². The summed E-state index contributed by atoms with van der Waals surface area (Å²) in [6, 6.07) is 26.0. The molecule has 2 amide bonds. The van der Waals surface area contributed by atoms with Crippen LogP contribution >= 0.6 is 0 Å². The van der Waals surface area contributed by atoms with Crippen molar-refractivity contribution >= 4 is 35.4 Å². The molecule has 4 aromatic rings. The molecule has 0 saturated carbocycles. The van der Waals surface area contributed by atoms with Gasteiger partial charge in [0.15, 0.2) is 0 Å². The van der Waals surface area contributed by atoms with Gasteiger partial charge >= 0.3 is 21.1 Å². The number of hydrogen-bond donors (Lipinski definition) is 0. The number of fused-ring (bicyclic) bond motifs is 2. The number of hydrogen-bond acceptors (Lipinski definition) is 4. The molecule has 0 fully saturated rings. The number of amides is 2. The molecule has 35 heavy (non-hydrogen) atoms. The number of carbonyl (C=O) groups is 2. The molecule has 2 aromatic heterocycles. The fourth-order valence-electron chi connectivity index (χ4n) is 4.09. The van der Waals surface area contributed by atoms with Gasteiger partial charge in [0, 0.05) is 11.1 Å². The summed E-state index contributed by atoms with van der Waals surface area (Å²) in [7, 11) is 0. The van der Waals surface area contributed by atoms with E-state index in [2.05, 4.69) is 10.6 Å². The molecular formula is C28H16N4O2Pt. The molecule has 0 saturated heterocycles. The fraction of sp³-hybridized carbons (Fsp3) is 0. The number of benzene rings is 2. The predicted octanol–water partition coefficient (Wildman–Crippen LogP) is 6.19. The van der Waals surface area contributed by atoms with Gasteiger partial charge in [-0.3, -0.25) is 0 Å². The average Bonchev–Trinajstić information content (AvgIpc) is 3.36. The number of pyridine rings is 2. The molecule has 0 spiro atoms. The molecule has 4 heterocycles. The van der Waals surface area contributed by atoms with Crippen molar-refractivity contribution in [2.24, 2.45) is 0 Å². The van der Waals surface area contributed by atoms with Crippen LogP contribution in [0.2, 0.25) is 0 Å².